The van der Waals surface area contributed by atoms with Gasteiger partial charge in [-0.25, -0.2) is 4.68 Å². The molecule has 0 bridgehead atoms. The van der Waals surface area contributed by atoms with Gasteiger partial charge in [-0.3, -0.25) is 9.59 Å². The highest BCUT2D eigenvalue weighted by atomic mass is 16.2. The molecule has 1 aromatic heterocycles. The van der Waals surface area contributed by atoms with Crippen molar-refractivity contribution in [1.82, 2.24) is 20.0 Å². The van der Waals surface area contributed by atoms with Crippen molar-refractivity contribution in [1.29, 1.82) is 0 Å². The normalized spacial score (nSPS) is 15.8. The lowest BCUT2D eigenvalue weighted by molar-refractivity contribution is -0.129. The molecule has 1 aliphatic rings. The number of likely N-dealkylation sites (tertiary alicyclic amines) is 1. The van der Waals surface area contributed by atoms with Crippen LogP contribution in [0.15, 0.2) is 103 Å². The van der Waals surface area contributed by atoms with Crippen LogP contribution in [0.4, 0.5) is 0 Å². The summed E-state index contributed by atoms with van der Waals surface area (Å²) < 4.78 is 1.76. The third-order valence-electron chi connectivity index (χ3n) is 7.20. The number of nitrogens with one attached hydrogen (secondary N) is 1. The lowest BCUT2D eigenvalue weighted by atomic mass is 9.71. The Morgan fingerprint density at radius 3 is 2.11 bits per heavy atom. The van der Waals surface area contributed by atoms with Gasteiger partial charge in [-0.15, -0.1) is 0 Å². The number of carbonyl (C=O) groups excluding carboxylic acids is 2. The molecule has 0 radical (unpaired) electrons. The van der Waals surface area contributed by atoms with Gasteiger partial charge >= 0.3 is 0 Å². The molecule has 36 heavy (non-hydrogen) atoms. The van der Waals surface area contributed by atoms with Gasteiger partial charge in [-0.1, -0.05) is 60.7 Å². The van der Waals surface area contributed by atoms with Crippen molar-refractivity contribution in [3.05, 3.63) is 120 Å². The number of nitrogens with zero attached hydrogens (tertiary/aromatic N) is 3. The van der Waals surface area contributed by atoms with Crippen LogP contribution in [0.3, 0.4) is 0 Å². The van der Waals surface area contributed by atoms with Crippen molar-refractivity contribution >= 4 is 11.8 Å². The third kappa shape index (κ3) is 4.67. The summed E-state index contributed by atoms with van der Waals surface area (Å²) in [7, 11) is 0. The smallest absolute Gasteiger partial charge is 0.253 e. The Morgan fingerprint density at radius 2 is 1.50 bits per heavy atom. The summed E-state index contributed by atoms with van der Waals surface area (Å²) in [4.78, 5) is 28.9. The van der Waals surface area contributed by atoms with Crippen LogP contribution < -0.4 is 5.32 Å². The molecule has 1 atom stereocenters. The van der Waals surface area contributed by atoms with E-state index in [0.29, 0.717) is 31.5 Å². The van der Waals surface area contributed by atoms with Gasteiger partial charge in [-0.2, -0.15) is 5.10 Å². The van der Waals surface area contributed by atoms with E-state index in [9.17, 15) is 9.59 Å². The zero-order valence-electron chi connectivity index (χ0n) is 20.4. The maximum absolute atomic E-state index is 13.8. The second-order valence-electron chi connectivity index (χ2n) is 9.34. The molecule has 0 spiro atoms. The van der Waals surface area contributed by atoms with Gasteiger partial charge in [0.05, 0.1) is 17.1 Å². The van der Waals surface area contributed by atoms with Gasteiger partial charge in [0.15, 0.2) is 0 Å². The molecule has 182 valence electrons. The number of piperidine rings is 1. The molecule has 2 heterocycles. The minimum Gasteiger partial charge on any atom is -0.349 e. The zero-order valence-corrected chi connectivity index (χ0v) is 20.4. The first-order valence-corrected chi connectivity index (χ1v) is 12.4. The topological polar surface area (TPSA) is 67.2 Å². The van der Waals surface area contributed by atoms with E-state index in [1.807, 2.05) is 109 Å². The Kier molecular flexibility index (Phi) is 6.67. The molecule has 1 N–H and O–H groups in total. The SMILES string of the molecule is C[C@H](NC(=O)C1(c2ccccc2)CCN(C(=O)c2ccc(-n3cccn3)cc2)CC1)c1ccccc1. The monoisotopic (exact) mass is 478 g/mol. The summed E-state index contributed by atoms with van der Waals surface area (Å²) in [5.74, 6) is 0.00228. The lowest BCUT2D eigenvalue weighted by Crippen LogP contribution is -2.53. The Bertz CT molecular complexity index is 1290. The van der Waals surface area contributed by atoms with Crippen LogP contribution in [-0.2, 0) is 10.2 Å². The minimum absolute atomic E-state index is 0.0123. The summed E-state index contributed by atoms with van der Waals surface area (Å²) in [6.07, 6.45) is 4.74. The molecule has 5 rings (SSSR count). The Balaban J connectivity index is 1.32. The van der Waals surface area contributed by atoms with Gasteiger partial charge in [0.2, 0.25) is 5.91 Å². The third-order valence-corrected chi connectivity index (χ3v) is 7.20. The van der Waals surface area contributed by atoms with Crippen LogP contribution in [0.25, 0.3) is 5.69 Å². The molecule has 0 saturated carbocycles. The number of benzene rings is 3. The molecule has 0 unspecified atom stereocenters. The molecule has 1 saturated heterocycles. The molecule has 2 amide bonds. The van der Waals surface area contributed by atoms with Crippen molar-refractivity contribution < 1.29 is 9.59 Å². The zero-order chi connectivity index (χ0) is 25.0. The van der Waals surface area contributed by atoms with E-state index in [-0.39, 0.29) is 17.9 Å². The summed E-state index contributed by atoms with van der Waals surface area (Å²) in [5, 5.41) is 7.49. The predicted octanol–water partition coefficient (Wildman–Crippen LogP) is 4.92. The number of rotatable bonds is 6. The maximum atomic E-state index is 13.8. The Hall–Kier alpha value is -4.19. The molecule has 0 aliphatic carbocycles. The van der Waals surface area contributed by atoms with E-state index in [4.69, 9.17) is 0 Å². The molecule has 4 aromatic rings. The van der Waals surface area contributed by atoms with E-state index in [1.165, 1.54) is 0 Å². The van der Waals surface area contributed by atoms with E-state index in [1.54, 1.807) is 10.9 Å². The second-order valence-corrected chi connectivity index (χ2v) is 9.34. The van der Waals surface area contributed by atoms with E-state index < -0.39 is 5.41 Å². The molecule has 6 heteroatoms. The van der Waals surface area contributed by atoms with Gasteiger partial charge in [0, 0.05) is 31.0 Å². The highest BCUT2D eigenvalue weighted by Crippen LogP contribution is 2.37. The fraction of sp³-hybridized carbons (Fsp3) is 0.233. The highest BCUT2D eigenvalue weighted by molar-refractivity contribution is 5.95. The molecule has 3 aromatic carbocycles. The summed E-state index contributed by atoms with van der Waals surface area (Å²) in [5.41, 5.74) is 2.94. The van der Waals surface area contributed by atoms with E-state index in [2.05, 4.69) is 10.4 Å². The quantitative estimate of drug-likeness (QED) is 0.428. The van der Waals surface area contributed by atoms with Crippen molar-refractivity contribution in [3.8, 4) is 5.69 Å². The van der Waals surface area contributed by atoms with Crippen molar-refractivity contribution in [2.24, 2.45) is 0 Å². The average Bonchev–Trinajstić information content (AvgIpc) is 3.49. The number of amides is 2. The van der Waals surface area contributed by atoms with Crippen LogP contribution in [0, 0.1) is 0 Å². The largest absolute Gasteiger partial charge is 0.349 e. The molecular weight excluding hydrogens is 448 g/mol. The van der Waals surface area contributed by atoms with Crippen LogP contribution in [0.1, 0.15) is 47.3 Å². The first kappa shape index (κ1) is 23.5. The standard InChI is InChI=1S/C30H30N4O2/c1-23(24-9-4-2-5-10-24)32-29(36)30(26-11-6-3-7-12-26)17-21-33(22-18-30)28(35)25-13-15-27(16-14-25)34-20-8-19-31-34/h2-16,19-20,23H,17-18,21-22H2,1H3,(H,32,36)/t23-/m0/s1. The molecule has 1 fully saturated rings. The first-order valence-electron chi connectivity index (χ1n) is 12.4. The summed E-state index contributed by atoms with van der Waals surface area (Å²) in [6.45, 7) is 3.04. The van der Waals surface area contributed by atoms with Gasteiger partial charge in [-0.05, 0) is 61.2 Å². The molecule has 1 aliphatic heterocycles. The summed E-state index contributed by atoms with van der Waals surface area (Å²) in [6, 6.07) is 29.2. The predicted molar refractivity (Wildman–Crippen MR) is 140 cm³/mol. The number of aromatic nitrogens is 2. The van der Waals surface area contributed by atoms with Crippen molar-refractivity contribution in [3.63, 3.8) is 0 Å². The van der Waals surface area contributed by atoms with Crippen molar-refractivity contribution in [2.75, 3.05) is 13.1 Å². The number of carbonyl (C=O) groups is 2. The van der Waals surface area contributed by atoms with E-state index >= 15 is 0 Å². The molecule has 6 nitrogen and oxygen atoms in total. The minimum atomic E-state index is -0.676. The fourth-order valence-corrected chi connectivity index (χ4v) is 5.02. The van der Waals surface area contributed by atoms with Gasteiger partial charge in [0.1, 0.15) is 0 Å². The van der Waals surface area contributed by atoms with E-state index in [0.717, 1.165) is 16.8 Å². The maximum Gasteiger partial charge on any atom is 0.253 e. The second kappa shape index (κ2) is 10.2. The van der Waals surface area contributed by atoms with Crippen molar-refractivity contribution in [2.45, 2.75) is 31.2 Å². The Labute approximate surface area is 211 Å². The number of hydrogen-bond donors (Lipinski definition) is 1. The summed E-state index contributed by atoms with van der Waals surface area (Å²) >= 11 is 0. The van der Waals surface area contributed by atoms with Crippen LogP contribution in [-0.4, -0.2) is 39.6 Å². The van der Waals surface area contributed by atoms with Crippen LogP contribution in [0.2, 0.25) is 0 Å². The van der Waals surface area contributed by atoms with Crippen LogP contribution >= 0.6 is 0 Å². The lowest BCUT2D eigenvalue weighted by Gasteiger charge is -2.41. The van der Waals surface area contributed by atoms with Crippen LogP contribution in [0.5, 0.6) is 0 Å². The highest BCUT2D eigenvalue weighted by Gasteiger charge is 2.44. The first-order chi connectivity index (χ1) is 17.6. The number of hydrogen-bond acceptors (Lipinski definition) is 3. The Morgan fingerprint density at radius 1 is 0.861 bits per heavy atom. The molecular formula is C30H30N4O2. The average molecular weight is 479 g/mol. The van der Waals surface area contributed by atoms with Gasteiger partial charge in [0.25, 0.3) is 5.91 Å². The fourth-order valence-electron chi connectivity index (χ4n) is 5.02. The van der Waals surface area contributed by atoms with Gasteiger partial charge < -0.3 is 10.2 Å².